The van der Waals surface area contributed by atoms with Gasteiger partial charge in [0.05, 0.1) is 0 Å². The first-order valence-electron chi connectivity index (χ1n) is 8.57. The number of hydrogen-bond acceptors (Lipinski definition) is 10. The minimum Gasteiger partial charge on any atom is -0.458 e. The molecule has 0 amide bonds. The van der Waals surface area contributed by atoms with Gasteiger partial charge in [-0.1, -0.05) is 28.0 Å². The molecule has 0 rings (SSSR count). The first-order chi connectivity index (χ1) is 13.3. The summed E-state index contributed by atoms with van der Waals surface area (Å²) in [4.78, 5) is 23.5. The van der Waals surface area contributed by atoms with E-state index in [2.05, 4.69) is 13.2 Å². The Bertz CT molecular complexity index is 551. The first kappa shape index (κ1) is 34.4. The highest BCUT2D eigenvalue weighted by atomic mass is 28.5. The highest BCUT2D eigenvalue weighted by Gasteiger charge is 2.53. The third kappa shape index (κ3) is 11.3. The van der Waals surface area contributed by atoms with Gasteiger partial charge in [-0.05, 0) is 26.9 Å². The number of carbonyl (C=O) groups excluding carboxylic acids is 2. The lowest BCUT2D eigenvalue weighted by Crippen LogP contribution is -2.63. The molecule has 184 valence electrons. The van der Waals surface area contributed by atoms with E-state index in [4.69, 9.17) is 35.4 Å². The van der Waals surface area contributed by atoms with Gasteiger partial charge in [0.25, 0.3) is 0 Å². The minimum atomic E-state index is -3.43. The van der Waals surface area contributed by atoms with Gasteiger partial charge in [0.2, 0.25) is 0 Å². The summed E-state index contributed by atoms with van der Waals surface area (Å²) in [6.07, 6.45) is -0.463. The average molecular weight is 501 g/mol. The van der Waals surface area contributed by atoms with Gasteiger partial charge in [0.15, 0.2) is 12.5 Å². The standard InChI is InChI=1S/C16H32O10Si3.2CH4/c1-13(2)15(17)23-11-28(19-5,20-6)25-27(9,10)26-29(21-7,22-8)12-24-16(18)14(3)4;;/h1,3,11-12H2,2,4-10H3;2*1H4. The second kappa shape index (κ2) is 14.8. The molecule has 0 aliphatic heterocycles. The summed E-state index contributed by atoms with van der Waals surface area (Å²) in [5.41, 5.74) is 0.467. The lowest BCUT2D eigenvalue weighted by atomic mass is 10.4. The van der Waals surface area contributed by atoms with Crippen LogP contribution in [-0.2, 0) is 45.0 Å². The van der Waals surface area contributed by atoms with Crippen molar-refractivity contribution in [3.8, 4) is 0 Å². The van der Waals surface area contributed by atoms with Crippen LogP contribution in [0.25, 0.3) is 0 Å². The summed E-state index contributed by atoms with van der Waals surface area (Å²) in [5.74, 6) is -1.19. The number of carbonyl (C=O) groups is 2. The normalized spacial score (nSPS) is 11.6. The van der Waals surface area contributed by atoms with E-state index in [1.165, 1.54) is 42.3 Å². The molecule has 0 aromatic heterocycles. The molecule has 0 heterocycles. The lowest BCUT2D eigenvalue weighted by molar-refractivity contribution is -0.139. The minimum absolute atomic E-state index is 0. The number of esters is 2. The molecule has 13 heteroatoms. The van der Waals surface area contributed by atoms with Crippen molar-refractivity contribution in [1.82, 2.24) is 0 Å². The lowest BCUT2D eigenvalue weighted by Gasteiger charge is -2.38. The van der Waals surface area contributed by atoms with E-state index >= 15 is 0 Å². The topological polar surface area (TPSA) is 108 Å². The van der Waals surface area contributed by atoms with E-state index in [1.807, 2.05) is 0 Å². The molecule has 10 nitrogen and oxygen atoms in total. The molecule has 0 N–H and O–H groups in total. The summed E-state index contributed by atoms with van der Waals surface area (Å²) in [6.45, 7) is 13.5. The monoisotopic (exact) mass is 500 g/mol. The molecular formula is C18H40O10Si3. The molecular weight excluding hydrogens is 460 g/mol. The number of rotatable bonds is 14. The molecule has 0 spiro atoms. The third-order valence-electron chi connectivity index (χ3n) is 3.50. The van der Waals surface area contributed by atoms with E-state index in [0.717, 1.165) is 0 Å². The van der Waals surface area contributed by atoms with Gasteiger partial charge < -0.3 is 35.4 Å². The maximum atomic E-state index is 11.7. The van der Waals surface area contributed by atoms with E-state index in [-0.39, 0.29) is 38.5 Å². The molecule has 0 aliphatic carbocycles. The van der Waals surface area contributed by atoms with Gasteiger partial charge in [-0.2, -0.15) is 0 Å². The van der Waals surface area contributed by atoms with Crippen LogP contribution in [0.1, 0.15) is 28.7 Å². The molecule has 0 fully saturated rings. The number of ether oxygens (including phenoxy) is 2. The summed E-state index contributed by atoms with van der Waals surface area (Å²) in [7, 11) is -4.37. The molecule has 0 unspecified atom stereocenters. The van der Waals surface area contributed by atoms with Gasteiger partial charge >= 0.3 is 38.1 Å². The maximum Gasteiger partial charge on any atom is 0.531 e. The second-order valence-corrected chi connectivity index (χ2v) is 15.9. The molecule has 0 radical (unpaired) electrons. The quantitative estimate of drug-likeness (QED) is 0.201. The predicted octanol–water partition coefficient (Wildman–Crippen LogP) is 2.77. The molecule has 0 bridgehead atoms. The smallest absolute Gasteiger partial charge is 0.458 e. The summed E-state index contributed by atoms with van der Waals surface area (Å²) < 4.78 is 44.3. The Balaban J connectivity index is -0.00000392. The van der Waals surface area contributed by atoms with Gasteiger partial charge in [0, 0.05) is 39.6 Å². The zero-order valence-corrected chi connectivity index (χ0v) is 21.4. The Morgan fingerprint density at radius 2 is 0.935 bits per heavy atom. The first-order valence-corrected chi connectivity index (χ1v) is 15.3. The maximum absolute atomic E-state index is 11.7. The Morgan fingerprint density at radius 3 is 1.13 bits per heavy atom. The molecule has 0 aromatic rings. The van der Waals surface area contributed by atoms with Crippen molar-refractivity contribution in [2.45, 2.75) is 41.8 Å². The molecule has 0 aromatic carbocycles. The molecule has 0 atom stereocenters. The Labute approximate surface area is 190 Å². The zero-order chi connectivity index (χ0) is 22.9. The van der Waals surface area contributed by atoms with Crippen molar-refractivity contribution in [2.24, 2.45) is 0 Å². The number of hydrogen-bond donors (Lipinski definition) is 0. The summed E-state index contributed by atoms with van der Waals surface area (Å²) in [5, 5.41) is 0. The van der Waals surface area contributed by atoms with E-state index in [0.29, 0.717) is 0 Å². The third-order valence-corrected chi connectivity index (χ3v) is 13.4. The van der Waals surface area contributed by atoms with Gasteiger partial charge in [0.1, 0.15) is 0 Å². The molecule has 0 aliphatic rings. The highest BCUT2D eigenvalue weighted by Crippen LogP contribution is 2.23. The van der Waals surface area contributed by atoms with Crippen LogP contribution in [0.15, 0.2) is 24.3 Å². The van der Waals surface area contributed by atoms with Crippen molar-refractivity contribution in [2.75, 3.05) is 40.9 Å². The van der Waals surface area contributed by atoms with Crippen LogP contribution < -0.4 is 0 Å². The van der Waals surface area contributed by atoms with Gasteiger partial charge in [-0.3, -0.25) is 0 Å². The largest absolute Gasteiger partial charge is 0.531 e. The summed E-state index contributed by atoms with van der Waals surface area (Å²) in [6, 6.07) is 0. The fourth-order valence-electron chi connectivity index (χ4n) is 1.95. The van der Waals surface area contributed by atoms with Crippen molar-refractivity contribution >= 4 is 38.1 Å². The van der Waals surface area contributed by atoms with Crippen LogP contribution in [0, 0.1) is 0 Å². The van der Waals surface area contributed by atoms with Crippen LogP contribution in [0.5, 0.6) is 0 Å². The van der Waals surface area contributed by atoms with E-state index in [1.54, 1.807) is 13.1 Å². The van der Waals surface area contributed by atoms with Crippen LogP contribution in [0.3, 0.4) is 0 Å². The van der Waals surface area contributed by atoms with Crippen molar-refractivity contribution < 1.29 is 45.0 Å². The van der Waals surface area contributed by atoms with Crippen molar-refractivity contribution in [1.29, 1.82) is 0 Å². The van der Waals surface area contributed by atoms with Crippen LogP contribution >= 0.6 is 0 Å². The van der Waals surface area contributed by atoms with Gasteiger partial charge in [-0.15, -0.1) is 0 Å². The SMILES string of the molecule is C.C.C=C(C)C(=O)OC[Si](OC)(OC)O[Si](C)(C)O[Si](COC(=O)C(=C)C)(OC)OC. The summed E-state index contributed by atoms with van der Waals surface area (Å²) >= 11 is 0. The van der Waals surface area contributed by atoms with Crippen molar-refractivity contribution in [3.63, 3.8) is 0 Å². The highest BCUT2D eigenvalue weighted by molar-refractivity contribution is 6.82. The Kier molecular flexibility index (Phi) is 16.5. The molecule has 0 saturated heterocycles. The zero-order valence-electron chi connectivity index (χ0n) is 18.4. The van der Waals surface area contributed by atoms with Crippen LogP contribution in [0.2, 0.25) is 13.1 Å². The van der Waals surface area contributed by atoms with E-state index in [9.17, 15) is 9.59 Å². The fraction of sp³-hybridized carbons (Fsp3) is 0.667. The van der Waals surface area contributed by atoms with E-state index < -0.39 is 38.1 Å². The second-order valence-electron chi connectivity index (χ2n) is 6.50. The predicted molar refractivity (Wildman–Crippen MR) is 124 cm³/mol. The van der Waals surface area contributed by atoms with Crippen molar-refractivity contribution in [3.05, 3.63) is 24.3 Å². The van der Waals surface area contributed by atoms with Crippen LogP contribution in [-0.4, -0.2) is 79.0 Å². The molecule has 31 heavy (non-hydrogen) atoms. The van der Waals surface area contributed by atoms with Crippen LogP contribution in [0.4, 0.5) is 0 Å². The Morgan fingerprint density at radius 1 is 0.677 bits per heavy atom. The Hall–Kier alpha value is -1.17. The van der Waals surface area contributed by atoms with Gasteiger partial charge in [-0.25, -0.2) is 9.59 Å². The average Bonchev–Trinajstić information content (AvgIpc) is 2.67. The molecule has 0 saturated carbocycles. The fourth-order valence-corrected chi connectivity index (χ4v) is 11.7.